The van der Waals surface area contributed by atoms with Crippen molar-refractivity contribution in [1.29, 1.82) is 0 Å². The smallest absolute Gasteiger partial charge is 0.264 e. The Morgan fingerprint density at radius 3 is 2.45 bits per heavy atom. The van der Waals surface area contributed by atoms with Crippen LogP contribution in [-0.4, -0.2) is 30.6 Å². The number of pyridine rings is 1. The average molecular weight is 476 g/mol. The van der Waals surface area contributed by atoms with Crippen LogP contribution in [0.4, 0.5) is 5.82 Å². The molecule has 0 saturated carbocycles. The molecule has 0 unspecified atom stereocenters. The molecule has 0 fully saturated rings. The number of carbonyl (C=O) groups excluding carboxylic acids is 1. The quantitative estimate of drug-likeness (QED) is 0.451. The molecule has 3 aromatic heterocycles. The van der Waals surface area contributed by atoms with Crippen molar-refractivity contribution in [3.8, 4) is 17.2 Å². The highest BCUT2D eigenvalue weighted by molar-refractivity contribution is 6.35. The number of aromatic amines is 1. The van der Waals surface area contributed by atoms with Crippen LogP contribution in [0.3, 0.4) is 0 Å². The largest absolute Gasteiger partial charge is 0.306 e. The van der Waals surface area contributed by atoms with Gasteiger partial charge in [-0.15, -0.1) is 0 Å². The fourth-order valence-corrected chi connectivity index (χ4v) is 3.39. The van der Waals surface area contributed by atoms with Crippen LogP contribution in [0.5, 0.6) is 0 Å². The van der Waals surface area contributed by atoms with Crippen molar-refractivity contribution < 1.29 is 4.79 Å². The third-order valence-electron chi connectivity index (χ3n) is 4.22. The third-order valence-corrected chi connectivity index (χ3v) is 4.96. The van der Waals surface area contributed by atoms with Crippen LogP contribution >= 0.6 is 34.8 Å². The minimum atomic E-state index is -0.664. The lowest BCUT2D eigenvalue weighted by Crippen LogP contribution is -2.25. The summed E-state index contributed by atoms with van der Waals surface area (Å²) in [5.41, 5.74) is 0.500. The van der Waals surface area contributed by atoms with Crippen molar-refractivity contribution in [3.05, 3.63) is 85.5 Å². The van der Waals surface area contributed by atoms with Gasteiger partial charge in [0.05, 0.1) is 15.7 Å². The van der Waals surface area contributed by atoms with Gasteiger partial charge in [-0.1, -0.05) is 34.8 Å². The van der Waals surface area contributed by atoms with Gasteiger partial charge in [0, 0.05) is 29.0 Å². The highest BCUT2D eigenvalue weighted by Gasteiger charge is 2.18. The number of aryl methyl sites for hydroxylation is 1. The van der Waals surface area contributed by atoms with Crippen molar-refractivity contribution in [2.24, 2.45) is 0 Å². The molecule has 8 nitrogen and oxygen atoms in total. The molecule has 4 rings (SSSR count). The Hall–Kier alpha value is -3.20. The van der Waals surface area contributed by atoms with E-state index in [9.17, 15) is 9.59 Å². The minimum absolute atomic E-state index is 0.168. The zero-order valence-corrected chi connectivity index (χ0v) is 18.1. The molecule has 0 saturated heterocycles. The van der Waals surface area contributed by atoms with Gasteiger partial charge >= 0.3 is 0 Å². The summed E-state index contributed by atoms with van der Waals surface area (Å²) < 4.78 is 1.36. The Balaban J connectivity index is 1.63. The average Bonchev–Trinajstić information content (AvgIpc) is 3.08. The number of anilines is 1. The van der Waals surface area contributed by atoms with Gasteiger partial charge in [-0.2, -0.15) is 9.78 Å². The number of nitrogens with one attached hydrogen (secondary N) is 2. The molecule has 0 radical (unpaired) electrons. The molecule has 0 aliphatic rings. The van der Waals surface area contributed by atoms with E-state index in [0.717, 1.165) is 0 Å². The van der Waals surface area contributed by atoms with Gasteiger partial charge in [0.2, 0.25) is 0 Å². The maximum absolute atomic E-state index is 12.8. The molecule has 0 atom stereocenters. The number of benzene rings is 1. The number of H-pyrrole nitrogens is 1. The first-order valence-corrected chi connectivity index (χ1v) is 10.00. The van der Waals surface area contributed by atoms with E-state index >= 15 is 0 Å². The first kappa shape index (κ1) is 21.0. The van der Waals surface area contributed by atoms with Gasteiger partial charge in [0.25, 0.3) is 11.5 Å². The van der Waals surface area contributed by atoms with Crippen LogP contribution < -0.4 is 10.9 Å². The molecule has 1 amide bonds. The molecular formula is C20H13Cl3N6O2. The first-order valence-electron chi connectivity index (χ1n) is 8.86. The molecule has 0 bridgehead atoms. The van der Waals surface area contributed by atoms with E-state index < -0.39 is 11.5 Å². The first-order chi connectivity index (χ1) is 14.8. The summed E-state index contributed by atoms with van der Waals surface area (Å²) in [7, 11) is 0. The number of rotatable bonds is 4. The van der Waals surface area contributed by atoms with Gasteiger partial charge in [-0.3, -0.25) is 9.59 Å². The van der Waals surface area contributed by atoms with Gasteiger partial charge in [0.15, 0.2) is 5.82 Å². The summed E-state index contributed by atoms with van der Waals surface area (Å²) in [5.74, 6) is 0.207. The molecule has 4 aromatic rings. The fourth-order valence-electron chi connectivity index (χ4n) is 2.81. The summed E-state index contributed by atoms with van der Waals surface area (Å²) in [4.78, 5) is 36.2. The summed E-state index contributed by atoms with van der Waals surface area (Å²) in [6, 6.07) is 9.91. The standard InChI is InChI=1S/C20H13Cl3N6O2/c1-10-6-16(29(28-10)18-15(23)7-13(22)8-25-18)26-19(30)14-9-24-17(27-20(14)31)11-2-4-12(21)5-3-11/h2-9H,1H3,(H,26,30)(H,24,27,31). The molecule has 1 aromatic carbocycles. The van der Waals surface area contributed by atoms with Crippen molar-refractivity contribution in [1.82, 2.24) is 24.7 Å². The molecule has 0 spiro atoms. The van der Waals surface area contributed by atoms with Crippen molar-refractivity contribution in [3.63, 3.8) is 0 Å². The number of nitrogens with zero attached hydrogens (tertiary/aromatic N) is 4. The van der Waals surface area contributed by atoms with Crippen LogP contribution in [0.2, 0.25) is 15.1 Å². The predicted octanol–water partition coefficient (Wildman–Crippen LogP) is 4.54. The molecule has 3 heterocycles. The molecule has 11 heteroatoms. The second-order valence-corrected chi connectivity index (χ2v) is 7.76. The summed E-state index contributed by atoms with van der Waals surface area (Å²) in [6.07, 6.45) is 2.62. The number of halogens is 3. The van der Waals surface area contributed by atoms with Gasteiger partial charge in [-0.05, 0) is 37.3 Å². The van der Waals surface area contributed by atoms with E-state index in [1.54, 1.807) is 37.3 Å². The molecule has 0 aliphatic heterocycles. The van der Waals surface area contributed by atoms with E-state index in [4.69, 9.17) is 34.8 Å². The van der Waals surface area contributed by atoms with Crippen LogP contribution in [0, 0.1) is 6.92 Å². The maximum atomic E-state index is 12.8. The lowest BCUT2D eigenvalue weighted by molar-refractivity contribution is 0.102. The Morgan fingerprint density at radius 2 is 1.77 bits per heavy atom. The normalized spacial score (nSPS) is 10.8. The van der Waals surface area contributed by atoms with E-state index in [2.05, 4.69) is 25.4 Å². The van der Waals surface area contributed by atoms with Crippen LogP contribution in [0.15, 0.2) is 53.6 Å². The van der Waals surface area contributed by atoms with Crippen molar-refractivity contribution in [2.45, 2.75) is 6.92 Å². The number of carbonyl (C=O) groups is 1. The van der Waals surface area contributed by atoms with E-state index in [0.29, 0.717) is 27.1 Å². The molecular weight excluding hydrogens is 463 g/mol. The fraction of sp³-hybridized carbons (Fsp3) is 0.0500. The summed E-state index contributed by atoms with van der Waals surface area (Å²) in [6.45, 7) is 1.74. The lowest BCUT2D eigenvalue weighted by Gasteiger charge is -2.09. The van der Waals surface area contributed by atoms with E-state index in [-0.39, 0.29) is 22.2 Å². The van der Waals surface area contributed by atoms with Gasteiger partial charge in [0.1, 0.15) is 17.2 Å². The number of aromatic nitrogens is 5. The third kappa shape index (κ3) is 4.46. The monoisotopic (exact) mass is 474 g/mol. The highest BCUT2D eigenvalue weighted by Crippen LogP contribution is 2.25. The van der Waals surface area contributed by atoms with Gasteiger partial charge in [-0.25, -0.2) is 9.97 Å². The SMILES string of the molecule is Cc1cc(NC(=O)c2cnc(-c3ccc(Cl)cc3)[nH]c2=O)n(-c2ncc(Cl)cc2Cl)n1. The van der Waals surface area contributed by atoms with Gasteiger partial charge < -0.3 is 10.3 Å². The van der Waals surface area contributed by atoms with Crippen LogP contribution in [0.1, 0.15) is 16.1 Å². The lowest BCUT2D eigenvalue weighted by atomic mass is 10.2. The van der Waals surface area contributed by atoms with E-state index in [1.807, 2.05) is 0 Å². The maximum Gasteiger partial charge on any atom is 0.264 e. The Morgan fingerprint density at radius 1 is 1.03 bits per heavy atom. The summed E-state index contributed by atoms with van der Waals surface area (Å²) in [5, 5.41) is 8.12. The number of amides is 1. The van der Waals surface area contributed by atoms with Crippen LogP contribution in [-0.2, 0) is 0 Å². The topological polar surface area (TPSA) is 106 Å². The molecule has 2 N–H and O–H groups in total. The second-order valence-electron chi connectivity index (χ2n) is 6.48. The Kier molecular flexibility index (Phi) is 5.77. The van der Waals surface area contributed by atoms with E-state index in [1.165, 1.54) is 23.1 Å². The zero-order valence-electron chi connectivity index (χ0n) is 15.9. The van der Waals surface area contributed by atoms with Crippen LogP contribution in [0.25, 0.3) is 17.2 Å². The molecule has 156 valence electrons. The summed E-state index contributed by atoms with van der Waals surface area (Å²) >= 11 is 18.0. The molecule has 0 aliphatic carbocycles. The Labute approximate surface area is 190 Å². The minimum Gasteiger partial charge on any atom is -0.306 e. The zero-order chi connectivity index (χ0) is 22.1. The van der Waals surface area contributed by atoms with Crippen molar-refractivity contribution >= 4 is 46.5 Å². The second kappa shape index (κ2) is 8.50. The number of hydrogen-bond acceptors (Lipinski definition) is 5. The predicted molar refractivity (Wildman–Crippen MR) is 119 cm³/mol. The highest BCUT2D eigenvalue weighted by atomic mass is 35.5. The van der Waals surface area contributed by atoms with Crippen molar-refractivity contribution in [2.75, 3.05) is 5.32 Å². The molecule has 31 heavy (non-hydrogen) atoms. The number of hydrogen-bond donors (Lipinski definition) is 2. The Bertz CT molecular complexity index is 1350.